The quantitative estimate of drug-likeness (QED) is 0.505. The number of thiocarbonyl (C=S) groups is 1. The van der Waals surface area contributed by atoms with Gasteiger partial charge < -0.3 is 10.6 Å². The second kappa shape index (κ2) is 9.25. The number of unbranched alkanes of at least 4 members (excludes halogenated alkanes) is 3. The van der Waals surface area contributed by atoms with Crippen LogP contribution in [0.1, 0.15) is 46.5 Å². The van der Waals surface area contributed by atoms with Gasteiger partial charge in [0, 0.05) is 13.1 Å². The minimum absolute atomic E-state index is 0.648. The predicted molar refractivity (Wildman–Crippen MR) is 67.6 cm³/mol. The largest absolute Gasteiger partial charge is 0.363 e. The Morgan fingerprint density at radius 3 is 2.43 bits per heavy atom. The normalized spacial score (nSPS) is 10.3. The smallest absolute Gasteiger partial charge is 0.166 e. The molecule has 0 unspecified atom stereocenters. The molecule has 0 aromatic rings. The van der Waals surface area contributed by atoms with E-state index in [2.05, 4.69) is 31.4 Å². The van der Waals surface area contributed by atoms with Crippen LogP contribution in [-0.2, 0) is 0 Å². The van der Waals surface area contributed by atoms with Crippen LogP contribution in [0.2, 0.25) is 0 Å². The summed E-state index contributed by atoms with van der Waals surface area (Å²) in [6.45, 7) is 8.54. The molecule has 0 saturated carbocycles. The lowest BCUT2D eigenvalue weighted by Gasteiger charge is -2.11. The van der Waals surface area contributed by atoms with Crippen LogP contribution < -0.4 is 10.6 Å². The predicted octanol–water partition coefficient (Wildman–Crippen LogP) is 2.69. The molecule has 0 bridgehead atoms. The Morgan fingerprint density at radius 1 is 1.14 bits per heavy atom. The first-order valence-electron chi connectivity index (χ1n) is 5.68. The Labute approximate surface area is 93.8 Å². The number of rotatable bonds is 7. The SMILES string of the molecule is CCCCCCNC(=S)NCC(C)C. The van der Waals surface area contributed by atoms with Crippen LogP contribution in [0.4, 0.5) is 0 Å². The van der Waals surface area contributed by atoms with Crippen molar-refractivity contribution in [2.24, 2.45) is 5.92 Å². The minimum Gasteiger partial charge on any atom is -0.363 e. The summed E-state index contributed by atoms with van der Waals surface area (Å²) in [6.07, 6.45) is 5.14. The molecule has 0 fully saturated rings. The molecule has 2 nitrogen and oxygen atoms in total. The zero-order valence-corrected chi connectivity index (χ0v) is 10.5. The fourth-order valence-corrected chi connectivity index (χ4v) is 1.30. The molecule has 0 aromatic heterocycles. The molecule has 0 aliphatic rings. The van der Waals surface area contributed by atoms with E-state index in [0.717, 1.165) is 18.2 Å². The maximum Gasteiger partial charge on any atom is 0.166 e. The van der Waals surface area contributed by atoms with E-state index in [1.54, 1.807) is 0 Å². The molecule has 0 amide bonds. The molecule has 3 heteroatoms. The third-order valence-corrected chi connectivity index (χ3v) is 2.28. The molecule has 0 atom stereocenters. The van der Waals surface area contributed by atoms with Gasteiger partial charge in [-0.2, -0.15) is 0 Å². The molecule has 84 valence electrons. The lowest BCUT2D eigenvalue weighted by atomic mass is 10.2. The van der Waals surface area contributed by atoms with Crippen molar-refractivity contribution >= 4 is 17.3 Å². The molecule has 0 spiro atoms. The van der Waals surface area contributed by atoms with E-state index in [-0.39, 0.29) is 0 Å². The van der Waals surface area contributed by atoms with Crippen LogP contribution in [0, 0.1) is 5.92 Å². The van der Waals surface area contributed by atoms with Gasteiger partial charge in [0.2, 0.25) is 0 Å². The fourth-order valence-electron chi connectivity index (χ4n) is 1.11. The van der Waals surface area contributed by atoms with Gasteiger partial charge in [-0.15, -0.1) is 0 Å². The molecular formula is C11H24N2S. The first-order chi connectivity index (χ1) is 6.66. The van der Waals surface area contributed by atoms with Crippen LogP contribution in [0.25, 0.3) is 0 Å². The van der Waals surface area contributed by atoms with Crippen molar-refractivity contribution in [2.75, 3.05) is 13.1 Å². The van der Waals surface area contributed by atoms with Gasteiger partial charge in [0.15, 0.2) is 5.11 Å². The summed E-state index contributed by atoms with van der Waals surface area (Å²) in [5, 5.41) is 7.21. The summed E-state index contributed by atoms with van der Waals surface area (Å²) in [5.74, 6) is 0.648. The van der Waals surface area contributed by atoms with Crippen molar-refractivity contribution in [3.8, 4) is 0 Å². The topological polar surface area (TPSA) is 24.1 Å². The zero-order valence-electron chi connectivity index (χ0n) is 9.73. The van der Waals surface area contributed by atoms with E-state index >= 15 is 0 Å². The first-order valence-corrected chi connectivity index (χ1v) is 6.09. The summed E-state index contributed by atoms with van der Waals surface area (Å²) in [5.41, 5.74) is 0. The van der Waals surface area contributed by atoms with E-state index in [4.69, 9.17) is 12.2 Å². The third kappa shape index (κ3) is 9.78. The van der Waals surface area contributed by atoms with Crippen LogP contribution in [0.5, 0.6) is 0 Å². The minimum atomic E-state index is 0.648. The van der Waals surface area contributed by atoms with Gasteiger partial charge in [-0.1, -0.05) is 40.0 Å². The molecule has 0 aromatic carbocycles. The van der Waals surface area contributed by atoms with Gasteiger partial charge in [0.1, 0.15) is 0 Å². The maximum absolute atomic E-state index is 5.13. The van der Waals surface area contributed by atoms with Gasteiger partial charge in [0.25, 0.3) is 0 Å². The first kappa shape index (κ1) is 13.7. The Balaban J connectivity index is 3.18. The third-order valence-electron chi connectivity index (χ3n) is 1.99. The van der Waals surface area contributed by atoms with E-state index in [9.17, 15) is 0 Å². The lowest BCUT2D eigenvalue weighted by Crippen LogP contribution is -2.37. The van der Waals surface area contributed by atoms with Crippen LogP contribution in [-0.4, -0.2) is 18.2 Å². The van der Waals surface area contributed by atoms with Crippen LogP contribution in [0.15, 0.2) is 0 Å². The fraction of sp³-hybridized carbons (Fsp3) is 0.909. The highest BCUT2D eigenvalue weighted by atomic mass is 32.1. The number of hydrogen-bond donors (Lipinski definition) is 2. The number of hydrogen-bond acceptors (Lipinski definition) is 1. The van der Waals surface area contributed by atoms with Gasteiger partial charge in [-0.3, -0.25) is 0 Å². The van der Waals surface area contributed by atoms with Crippen molar-refractivity contribution in [3.05, 3.63) is 0 Å². The molecule has 14 heavy (non-hydrogen) atoms. The maximum atomic E-state index is 5.13. The molecule has 0 radical (unpaired) electrons. The lowest BCUT2D eigenvalue weighted by molar-refractivity contribution is 0.611. The number of nitrogens with one attached hydrogen (secondary N) is 2. The monoisotopic (exact) mass is 216 g/mol. The second-order valence-electron chi connectivity index (χ2n) is 4.09. The van der Waals surface area contributed by atoms with Gasteiger partial charge in [0.05, 0.1) is 0 Å². The average Bonchev–Trinajstić information content (AvgIpc) is 2.14. The molecular weight excluding hydrogens is 192 g/mol. The van der Waals surface area contributed by atoms with Gasteiger partial charge in [-0.05, 0) is 24.6 Å². The van der Waals surface area contributed by atoms with Crippen LogP contribution in [0.3, 0.4) is 0 Å². The van der Waals surface area contributed by atoms with Crippen molar-refractivity contribution in [1.82, 2.24) is 10.6 Å². The van der Waals surface area contributed by atoms with E-state index in [0.29, 0.717) is 5.92 Å². The van der Waals surface area contributed by atoms with E-state index in [1.165, 1.54) is 25.7 Å². The van der Waals surface area contributed by atoms with Crippen molar-refractivity contribution in [3.63, 3.8) is 0 Å². The molecule has 0 saturated heterocycles. The summed E-state index contributed by atoms with van der Waals surface area (Å²) in [7, 11) is 0. The van der Waals surface area contributed by atoms with Gasteiger partial charge >= 0.3 is 0 Å². The summed E-state index contributed by atoms with van der Waals surface area (Å²) in [4.78, 5) is 0. The molecule has 0 heterocycles. The van der Waals surface area contributed by atoms with Crippen molar-refractivity contribution in [2.45, 2.75) is 46.5 Å². The Morgan fingerprint density at radius 2 is 1.86 bits per heavy atom. The highest BCUT2D eigenvalue weighted by Crippen LogP contribution is 1.96. The standard InChI is InChI=1S/C11H24N2S/c1-4-5-6-7-8-12-11(14)13-9-10(2)3/h10H,4-9H2,1-3H3,(H2,12,13,14). The Hall–Kier alpha value is -0.310. The molecule has 0 aliphatic heterocycles. The molecule has 0 rings (SSSR count). The van der Waals surface area contributed by atoms with Gasteiger partial charge in [-0.25, -0.2) is 0 Å². The Bertz CT molecular complexity index is 146. The summed E-state index contributed by atoms with van der Waals surface area (Å²) in [6, 6.07) is 0. The Kier molecular flexibility index (Phi) is 9.05. The zero-order chi connectivity index (χ0) is 10.8. The van der Waals surface area contributed by atoms with E-state index < -0.39 is 0 Å². The van der Waals surface area contributed by atoms with Crippen molar-refractivity contribution in [1.29, 1.82) is 0 Å². The average molecular weight is 216 g/mol. The summed E-state index contributed by atoms with van der Waals surface area (Å²) < 4.78 is 0. The highest BCUT2D eigenvalue weighted by Gasteiger charge is 1.96. The highest BCUT2D eigenvalue weighted by molar-refractivity contribution is 7.80. The second-order valence-corrected chi connectivity index (χ2v) is 4.50. The summed E-state index contributed by atoms with van der Waals surface area (Å²) >= 11 is 5.13. The van der Waals surface area contributed by atoms with Crippen LogP contribution >= 0.6 is 12.2 Å². The molecule has 2 N–H and O–H groups in total. The molecule has 0 aliphatic carbocycles. The van der Waals surface area contributed by atoms with E-state index in [1.807, 2.05) is 0 Å². The van der Waals surface area contributed by atoms with Crippen molar-refractivity contribution < 1.29 is 0 Å².